The molecule has 1 aliphatic heterocycles. The van der Waals surface area contributed by atoms with Gasteiger partial charge in [-0.1, -0.05) is 23.7 Å². The fourth-order valence-electron chi connectivity index (χ4n) is 2.17. The van der Waals surface area contributed by atoms with Gasteiger partial charge < -0.3 is 5.32 Å². The van der Waals surface area contributed by atoms with Crippen LogP contribution in [0.3, 0.4) is 0 Å². The summed E-state index contributed by atoms with van der Waals surface area (Å²) in [6.45, 7) is 5.07. The number of ketones is 1. The van der Waals surface area contributed by atoms with Gasteiger partial charge in [-0.15, -0.1) is 0 Å². The standard InChI is InChI=1S/C14H17ClN2O2/c1-14(2)13(19)16-7-8-17(14)9-12(18)10-5-3-4-6-11(10)15/h3-6H,7-9H2,1-2H3,(H,16,19). The average molecular weight is 281 g/mol. The minimum atomic E-state index is -0.671. The maximum Gasteiger partial charge on any atom is 0.240 e. The van der Waals surface area contributed by atoms with Gasteiger partial charge in [0.05, 0.1) is 17.1 Å². The number of halogens is 1. The molecule has 0 aromatic heterocycles. The predicted molar refractivity (Wildman–Crippen MR) is 74.4 cm³/mol. The molecule has 4 nitrogen and oxygen atoms in total. The number of benzene rings is 1. The maximum atomic E-state index is 12.3. The Bertz CT molecular complexity index is 514. The van der Waals surface area contributed by atoms with E-state index >= 15 is 0 Å². The lowest BCUT2D eigenvalue weighted by Gasteiger charge is -2.40. The lowest BCUT2D eigenvalue weighted by atomic mass is 9.98. The van der Waals surface area contributed by atoms with Gasteiger partial charge >= 0.3 is 0 Å². The minimum absolute atomic E-state index is 0.0503. The zero-order chi connectivity index (χ0) is 14.0. The van der Waals surface area contributed by atoms with Gasteiger partial charge in [0.25, 0.3) is 0 Å². The van der Waals surface area contributed by atoms with Crippen LogP contribution in [0.4, 0.5) is 0 Å². The number of carbonyl (C=O) groups excluding carboxylic acids is 2. The van der Waals surface area contributed by atoms with Crippen molar-refractivity contribution in [2.75, 3.05) is 19.6 Å². The number of Topliss-reactive ketones (excluding diaryl/α,β-unsaturated/α-hetero) is 1. The quantitative estimate of drug-likeness (QED) is 0.858. The predicted octanol–water partition coefficient (Wildman–Crippen LogP) is 1.73. The van der Waals surface area contributed by atoms with Crippen LogP contribution in [-0.2, 0) is 4.79 Å². The van der Waals surface area contributed by atoms with Crippen LogP contribution in [0.5, 0.6) is 0 Å². The van der Waals surface area contributed by atoms with Crippen molar-refractivity contribution in [1.29, 1.82) is 0 Å². The Kier molecular flexibility index (Phi) is 3.92. The molecule has 1 aromatic rings. The molecule has 102 valence electrons. The molecule has 1 amide bonds. The molecule has 0 saturated carbocycles. The van der Waals surface area contributed by atoms with E-state index in [0.29, 0.717) is 23.7 Å². The maximum absolute atomic E-state index is 12.3. The fourth-order valence-corrected chi connectivity index (χ4v) is 2.41. The summed E-state index contributed by atoms with van der Waals surface area (Å²) in [6, 6.07) is 6.98. The lowest BCUT2D eigenvalue weighted by molar-refractivity contribution is -0.134. The van der Waals surface area contributed by atoms with Gasteiger partial charge in [0, 0.05) is 18.7 Å². The molecule has 1 fully saturated rings. The largest absolute Gasteiger partial charge is 0.353 e. The van der Waals surface area contributed by atoms with Crippen molar-refractivity contribution < 1.29 is 9.59 Å². The molecule has 1 N–H and O–H groups in total. The molecule has 0 atom stereocenters. The molecule has 0 unspecified atom stereocenters. The highest BCUT2D eigenvalue weighted by Crippen LogP contribution is 2.20. The molecular weight excluding hydrogens is 264 g/mol. The molecule has 0 bridgehead atoms. The van der Waals surface area contributed by atoms with Crippen molar-refractivity contribution in [2.45, 2.75) is 19.4 Å². The highest BCUT2D eigenvalue weighted by Gasteiger charge is 2.38. The van der Waals surface area contributed by atoms with Gasteiger partial charge in [-0.25, -0.2) is 0 Å². The van der Waals surface area contributed by atoms with Crippen molar-refractivity contribution in [1.82, 2.24) is 10.2 Å². The monoisotopic (exact) mass is 280 g/mol. The second kappa shape index (κ2) is 5.31. The third-order valence-electron chi connectivity index (χ3n) is 3.52. The average Bonchev–Trinajstić information content (AvgIpc) is 2.36. The molecule has 1 heterocycles. The molecular formula is C14H17ClN2O2. The first-order valence-corrected chi connectivity index (χ1v) is 6.62. The van der Waals surface area contributed by atoms with Crippen LogP contribution in [0.15, 0.2) is 24.3 Å². The van der Waals surface area contributed by atoms with E-state index < -0.39 is 5.54 Å². The number of rotatable bonds is 3. The van der Waals surface area contributed by atoms with Gasteiger partial charge in [-0.05, 0) is 26.0 Å². The Balaban J connectivity index is 2.15. The van der Waals surface area contributed by atoms with Crippen LogP contribution < -0.4 is 5.32 Å². The van der Waals surface area contributed by atoms with E-state index in [1.54, 1.807) is 24.3 Å². The molecule has 19 heavy (non-hydrogen) atoms. The van der Waals surface area contributed by atoms with E-state index in [9.17, 15) is 9.59 Å². The number of amides is 1. The summed E-state index contributed by atoms with van der Waals surface area (Å²) < 4.78 is 0. The van der Waals surface area contributed by atoms with Gasteiger partial charge in [0.15, 0.2) is 5.78 Å². The van der Waals surface area contributed by atoms with Crippen LogP contribution in [0.1, 0.15) is 24.2 Å². The third kappa shape index (κ3) is 2.80. The van der Waals surface area contributed by atoms with Crippen LogP contribution in [0.2, 0.25) is 5.02 Å². The topological polar surface area (TPSA) is 49.4 Å². The summed E-state index contributed by atoms with van der Waals surface area (Å²) in [6.07, 6.45) is 0. The highest BCUT2D eigenvalue weighted by atomic mass is 35.5. The van der Waals surface area contributed by atoms with Crippen molar-refractivity contribution in [3.8, 4) is 0 Å². The van der Waals surface area contributed by atoms with Crippen LogP contribution in [-0.4, -0.2) is 41.8 Å². The summed E-state index contributed by atoms with van der Waals surface area (Å²) in [5, 5.41) is 3.26. The normalized spacial score (nSPS) is 19.0. The van der Waals surface area contributed by atoms with E-state index in [0.717, 1.165) is 0 Å². The number of nitrogens with one attached hydrogen (secondary N) is 1. The SMILES string of the molecule is CC1(C)C(=O)NCCN1CC(=O)c1ccccc1Cl. The fraction of sp³-hybridized carbons (Fsp3) is 0.429. The molecule has 0 aliphatic carbocycles. The van der Waals surface area contributed by atoms with Crippen molar-refractivity contribution in [3.05, 3.63) is 34.9 Å². The smallest absolute Gasteiger partial charge is 0.240 e. The van der Waals surface area contributed by atoms with Crippen LogP contribution in [0, 0.1) is 0 Å². The molecule has 0 spiro atoms. The summed E-state index contributed by atoms with van der Waals surface area (Å²) in [5.74, 6) is -0.112. The van der Waals surface area contributed by atoms with Crippen molar-refractivity contribution >= 4 is 23.3 Å². The van der Waals surface area contributed by atoms with Gasteiger partial charge in [0.2, 0.25) is 5.91 Å². The van der Waals surface area contributed by atoms with E-state index in [4.69, 9.17) is 11.6 Å². The van der Waals surface area contributed by atoms with Crippen molar-refractivity contribution in [2.24, 2.45) is 0 Å². The van der Waals surface area contributed by atoms with Gasteiger partial charge in [-0.3, -0.25) is 14.5 Å². The van der Waals surface area contributed by atoms with Crippen molar-refractivity contribution in [3.63, 3.8) is 0 Å². The zero-order valence-corrected chi connectivity index (χ0v) is 11.8. The van der Waals surface area contributed by atoms with Crippen LogP contribution in [0.25, 0.3) is 0 Å². The Labute approximate surface area is 117 Å². The van der Waals surface area contributed by atoms with Gasteiger partial charge in [-0.2, -0.15) is 0 Å². The van der Waals surface area contributed by atoms with E-state index in [-0.39, 0.29) is 18.2 Å². The Hall–Kier alpha value is -1.39. The summed E-state index contributed by atoms with van der Waals surface area (Å²) in [7, 11) is 0. The molecule has 0 radical (unpaired) electrons. The second-order valence-electron chi connectivity index (χ2n) is 5.14. The Morgan fingerprint density at radius 2 is 2.11 bits per heavy atom. The number of hydrogen-bond acceptors (Lipinski definition) is 3. The molecule has 1 aliphatic rings. The molecule has 2 rings (SSSR count). The number of carbonyl (C=O) groups is 2. The third-order valence-corrected chi connectivity index (χ3v) is 3.85. The highest BCUT2D eigenvalue weighted by molar-refractivity contribution is 6.34. The minimum Gasteiger partial charge on any atom is -0.353 e. The number of nitrogens with zero attached hydrogens (tertiary/aromatic N) is 1. The Morgan fingerprint density at radius 1 is 1.42 bits per heavy atom. The van der Waals surface area contributed by atoms with Gasteiger partial charge in [0.1, 0.15) is 0 Å². The molecule has 5 heteroatoms. The summed E-state index contributed by atoms with van der Waals surface area (Å²) in [5.41, 5.74) is -0.166. The summed E-state index contributed by atoms with van der Waals surface area (Å²) in [4.78, 5) is 26.0. The Morgan fingerprint density at radius 3 is 2.79 bits per heavy atom. The number of piperazine rings is 1. The summed E-state index contributed by atoms with van der Waals surface area (Å²) >= 11 is 6.02. The number of hydrogen-bond donors (Lipinski definition) is 1. The molecule has 1 aromatic carbocycles. The van der Waals surface area contributed by atoms with Crippen LogP contribution >= 0.6 is 11.6 Å². The first-order chi connectivity index (χ1) is 8.93. The molecule has 1 saturated heterocycles. The van der Waals surface area contributed by atoms with E-state index in [1.165, 1.54) is 0 Å². The lowest BCUT2D eigenvalue weighted by Crippen LogP contribution is -2.62. The van der Waals surface area contributed by atoms with E-state index in [1.807, 2.05) is 18.7 Å². The first-order valence-electron chi connectivity index (χ1n) is 6.24. The second-order valence-corrected chi connectivity index (χ2v) is 5.55. The first kappa shape index (κ1) is 14.0. The van der Waals surface area contributed by atoms with E-state index in [2.05, 4.69) is 5.32 Å². The zero-order valence-electron chi connectivity index (χ0n) is 11.1.